The van der Waals surface area contributed by atoms with Gasteiger partial charge in [0.05, 0.1) is 5.69 Å². The molecule has 2 nitrogen and oxygen atoms in total. The van der Waals surface area contributed by atoms with Gasteiger partial charge in [-0.3, -0.25) is 0 Å². The van der Waals surface area contributed by atoms with Crippen molar-refractivity contribution >= 4 is 33.3 Å². The zero-order valence-electron chi connectivity index (χ0n) is 14.3. The van der Waals surface area contributed by atoms with E-state index in [4.69, 9.17) is 4.42 Å². The van der Waals surface area contributed by atoms with Gasteiger partial charge >= 0.3 is 0 Å². The first-order chi connectivity index (χ1) is 11.7. The van der Waals surface area contributed by atoms with Crippen molar-refractivity contribution in [1.29, 1.82) is 0 Å². The molecule has 0 aliphatic carbocycles. The number of benzene rings is 3. The molecule has 1 aromatic heterocycles. The van der Waals surface area contributed by atoms with Gasteiger partial charge in [-0.05, 0) is 36.6 Å². The monoisotopic (exact) mass is 315 g/mol. The van der Waals surface area contributed by atoms with Gasteiger partial charge in [0.25, 0.3) is 0 Å². The molecule has 3 aromatic carbocycles. The smallest absolute Gasteiger partial charge is 0.159 e. The van der Waals surface area contributed by atoms with Gasteiger partial charge in [0.2, 0.25) is 0 Å². The predicted molar refractivity (Wildman–Crippen MR) is 102 cm³/mol. The number of furan rings is 1. The molecule has 0 aliphatic heterocycles. The van der Waals surface area contributed by atoms with Gasteiger partial charge < -0.3 is 9.32 Å². The molecule has 2 heteroatoms. The van der Waals surface area contributed by atoms with Gasteiger partial charge in [-0.2, -0.15) is 0 Å². The topological polar surface area (TPSA) is 16.4 Å². The summed E-state index contributed by atoms with van der Waals surface area (Å²) >= 11 is 0. The molecular weight excluding hydrogens is 294 g/mol. The van der Waals surface area contributed by atoms with Crippen molar-refractivity contribution in [3.8, 4) is 0 Å². The maximum Gasteiger partial charge on any atom is 0.159 e. The van der Waals surface area contributed by atoms with Crippen molar-refractivity contribution in [3.05, 3.63) is 71.8 Å². The number of anilines is 2. The molecule has 0 saturated carbocycles. The van der Waals surface area contributed by atoms with Crippen molar-refractivity contribution in [2.75, 3.05) is 11.9 Å². The van der Waals surface area contributed by atoms with E-state index in [1.807, 2.05) is 0 Å². The first-order valence-electron chi connectivity index (χ1n) is 8.43. The highest BCUT2D eigenvalue weighted by molar-refractivity contribution is 6.10. The van der Waals surface area contributed by atoms with E-state index >= 15 is 0 Å². The number of hydrogen-bond acceptors (Lipinski definition) is 2. The molecule has 0 spiro atoms. The lowest BCUT2D eigenvalue weighted by atomic mass is 10.1. The Kier molecular flexibility index (Phi) is 3.53. The number of fused-ring (bicyclic) bond motifs is 3. The summed E-state index contributed by atoms with van der Waals surface area (Å²) in [6, 6.07) is 21.3. The minimum atomic E-state index is 0.954. The first kappa shape index (κ1) is 14.8. The van der Waals surface area contributed by atoms with Crippen molar-refractivity contribution in [3.63, 3.8) is 0 Å². The fourth-order valence-electron chi connectivity index (χ4n) is 3.48. The van der Waals surface area contributed by atoms with Crippen LogP contribution < -0.4 is 4.90 Å². The molecule has 24 heavy (non-hydrogen) atoms. The Morgan fingerprint density at radius 3 is 2.25 bits per heavy atom. The Morgan fingerprint density at radius 1 is 0.792 bits per heavy atom. The Morgan fingerprint density at radius 2 is 1.46 bits per heavy atom. The Bertz CT molecular complexity index is 1030. The van der Waals surface area contributed by atoms with Crippen molar-refractivity contribution in [1.82, 2.24) is 0 Å². The molecule has 0 saturated heterocycles. The van der Waals surface area contributed by atoms with Crippen LogP contribution >= 0.6 is 0 Å². The van der Waals surface area contributed by atoms with Crippen LogP contribution in [0.5, 0.6) is 0 Å². The molecule has 0 fully saturated rings. The fraction of sp³-hybridized carbons (Fsp3) is 0.182. The number of para-hydroxylation sites is 3. The van der Waals surface area contributed by atoms with Gasteiger partial charge in [-0.15, -0.1) is 0 Å². The van der Waals surface area contributed by atoms with E-state index in [0.717, 1.165) is 23.3 Å². The highest BCUT2D eigenvalue weighted by Gasteiger charge is 2.16. The molecule has 0 unspecified atom stereocenters. The fourth-order valence-corrected chi connectivity index (χ4v) is 3.48. The second kappa shape index (κ2) is 5.72. The Labute approximate surface area is 142 Å². The highest BCUT2D eigenvalue weighted by atomic mass is 16.3. The normalized spacial score (nSPS) is 11.3. The summed E-state index contributed by atoms with van der Waals surface area (Å²) in [4.78, 5) is 2.24. The average molecular weight is 315 g/mol. The molecule has 0 aliphatic rings. The van der Waals surface area contributed by atoms with E-state index in [1.54, 1.807) is 0 Å². The van der Waals surface area contributed by atoms with E-state index in [-0.39, 0.29) is 0 Å². The van der Waals surface area contributed by atoms with Crippen LogP contribution in [0.3, 0.4) is 0 Å². The number of rotatable bonds is 3. The van der Waals surface area contributed by atoms with Crippen molar-refractivity contribution in [2.45, 2.75) is 20.3 Å². The minimum Gasteiger partial charge on any atom is -0.454 e. The van der Waals surface area contributed by atoms with Gasteiger partial charge in [-0.25, -0.2) is 0 Å². The van der Waals surface area contributed by atoms with E-state index in [1.165, 1.54) is 27.6 Å². The van der Waals surface area contributed by atoms with E-state index in [0.29, 0.717) is 0 Å². The van der Waals surface area contributed by atoms with Gasteiger partial charge in [0.15, 0.2) is 5.58 Å². The van der Waals surface area contributed by atoms with Crippen LogP contribution in [0.2, 0.25) is 0 Å². The first-order valence-corrected chi connectivity index (χ1v) is 8.43. The van der Waals surface area contributed by atoms with Crippen molar-refractivity contribution in [2.24, 2.45) is 0 Å². The third-order valence-corrected chi connectivity index (χ3v) is 4.80. The lowest BCUT2D eigenvalue weighted by Gasteiger charge is -2.22. The number of aryl methyl sites for hydroxylation is 2. The van der Waals surface area contributed by atoms with Gasteiger partial charge in [-0.1, -0.05) is 55.5 Å². The molecule has 0 radical (unpaired) electrons. The van der Waals surface area contributed by atoms with Crippen LogP contribution in [0.25, 0.3) is 21.9 Å². The van der Waals surface area contributed by atoms with Crippen LogP contribution in [0.15, 0.2) is 65.1 Å². The molecule has 0 atom stereocenters. The molecule has 0 bridgehead atoms. The zero-order valence-corrected chi connectivity index (χ0v) is 14.3. The summed E-state index contributed by atoms with van der Waals surface area (Å²) in [7, 11) is 2.11. The highest BCUT2D eigenvalue weighted by Crippen LogP contribution is 2.38. The Hall–Kier alpha value is -2.74. The van der Waals surface area contributed by atoms with Gasteiger partial charge in [0, 0.05) is 23.5 Å². The predicted octanol–water partition coefficient (Wildman–Crippen LogP) is 6.22. The molecule has 0 N–H and O–H groups in total. The summed E-state index contributed by atoms with van der Waals surface area (Å²) < 4.78 is 6.29. The minimum absolute atomic E-state index is 0.954. The van der Waals surface area contributed by atoms with Gasteiger partial charge in [0.1, 0.15) is 5.58 Å². The summed E-state index contributed by atoms with van der Waals surface area (Å²) in [5.74, 6) is 0. The molecule has 0 amide bonds. The van der Waals surface area contributed by atoms with Crippen LogP contribution in [0.4, 0.5) is 11.4 Å². The second-order valence-corrected chi connectivity index (χ2v) is 6.25. The lowest BCUT2D eigenvalue weighted by Crippen LogP contribution is -2.11. The van der Waals surface area contributed by atoms with E-state index in [2.05, 4.69) is 86.5 Å². The summed E-state index contributed by atoms with van der Waals surface area (Å²) in [5.41, 5.74) is 6.77. The van der Waals surface area contributed by atoms with Crippen LogP contribution in [0.1, 0.15) is 18.1 Å². The standard InChI is InChI=1S/C22H21NO/c1-4-16-10-5-6-13-19(16)23(3)20-14-8-12-18-17-11-7-9-15(2)21(17)24-22(18)20/h5-14H,4H2,1-3H3. The average Bonchev–Trinajstić information content (AvgIpc) is 3.01. The maximum atomic E-state index is 6.29. The largest absolute Gasteiger partial charge is 0.454 e. The Balaban J connectivity index is 1.97. The summed E-state index contributed by atoms with van der Waals surface area (Å²) in [5, 5.41) is 2.36. The van der Waals surface area contributed by atoms with E-state index < -0.39 is 0 Å². The molecule has 1 heterocycles. The molecule has 120 valence electrons. The molecule has 4 rings (SSSR count). The zero-order chi connectivity index (χ0) is 16.7. The third-order valence-electron chi connectivity index (χ3n) is 4.80. The van der Waals surface area contributed by atoms with E-state index in [9.17, 15) is 0 Å². The molecular formula is C22H21NO. The van der Waals surface area contributed by atoms with Crippen LogP contribution in [0, 0.1) is 6.92 Å². The summed E-state index contributed by atoms with van der Waals surface area (Å²) in [6.07, 6.45) is 1.01. The second-order valence-electron chi connectivity index (χ2n) is 6.25. The molecule has 4 aromatic rings. The third kappa shape index (κ3) is 2.18. The van der Waals surface area contributed by atoms with Crippen LogP contribution in [-0.4, -0.2) is 7.05 Å². The SMILES string of the molecule is CCc1ccccc1N(C)c1cccc2c1oc1c(C)cccc12. The quantitative estimate of drug-likeness (QED) is 0.446. The van der Waals surface area contributed by atoms with Crippen molar-refractivity contribution < 1.29 is 4.42 Å². The number of hydrogen-bond donors (Lipinski definition) is 0. The number of nitrogens with zero attached hydrogens (tertiary/aromatic N) is 1. The lowest BCUT2D eigenvalue weighted by molar-refractivity contribution is 0.665. The van der Waals surface area contributed by atoms with Crippen LogP contribution in [-0.2, 0) is 6.42 Å². The maximum absolute atomic E-state index is 6.29. The summed E-state index contributed by atoms with van der Waals surface area (Å²) in [6.45, 7) is 4.29.